The van der Waals surface area contributed by atoms with Crippen molar-refractivity contribution in [1.82, 2.24) is 10.2 Å². The Bertz CT molecular complexity index is 1490. The summed E-state index contributed by atoms with van der Waals surface area (Å²) in [5, 5.41) is 3.96. The molecular formula is C28H26N4O7S. The van der Waals surface area contributed by atoms with Crippen molar-refractivity contribution in [3.05, 3.63) is 95.2 Å². The lowest BCUT2D eigenvalue weighted by molar-refractivity contribution is -0.154. The number of fused-ring (bicyclic) bond motifs is 2. The summed E-state index contributed by atoms with van der Waals surface area (Å²) in [4.78, 5) is 51.4. The number of ether oxygens (including phenoxy) is 3. The first-order valence-corrected chi connectivity index (χ1v) is 13.4. The third kappa shape index (κ3) is 5.58. The van der Waals surface area contributed by atoms with Gasteiger partial charge in [0.1, 0.15) is 30.3 Å². The van der Waals surface area contributed by atoms with Crippen LogP contribution in [0, 0.1) is 0 Å². The number of nitrogens with two attached hydrogens (primary N) is 2. The van der Waals surface area contributed by atoms with Crippen LogP contribution in [0.5, 0.6) is 0 Å². The average Bonchev–Trinajstić information content (AvgIpc) is 2.97. The van der Waals surface area contributed by atoms with Crippen LogP contribution in [-0.4, -0.2) is 52.7 Å². The Balaban J connectivity index is 1.27. The van der Waals surface area contributed by atoms with Gasteiger partial charge in [0.25, 0.3) is 5.91 Å². The SMILES string of the molecule is NC(=O)OCC1=C(C(=O)OC(N)c2ccccc2)N2C(=O)[C@@H](NC(=O)OCc3cccc4ccccc34)[C@H]2SC1. The van der Waals surface area contributed by atoms with E-state index in [1.165, 1.54) is 16.7 Å². The number of rotatable bonds is 8. The molecule has 0 radical (unpaired) electrons. The lowest BCUT2D eigenvalue weighted by Gasteiger charge is -2.49. The number of amides is 3. The Labute approximate surface area is 233 Å². The van der Waals surface area contributed by atoms with Gasteiger partial charge in [-0.1, -0.05) is 72.8 Å². The summed E-state index contributed by atoms with van der Waals surface area (Å²) in [7, 11) is 0. The number of esters is 1. The standard InChI is InChI=1S/C28H26N4O7S/c29-23(17-8-2-1-3-9-17)39-26(34)22-19(14-37-27(30)35)15-40-25-21(24(33)32(22)25)31-28(36)38-13-18-11-6-10-16-7-4-5-12-20(16)18/h1-12,21,23,25H,13-15,29H2,(H2,30,35)(H,31,36)/t21-,23?,25-/m1/s1. The molecule has 0 spiro atoms. The molecule has 2 aliphatic rings. The molecule has 3 atom stereocenters. The van der Waals surface area contributed by atoms with E-state index in [0.29, 0.717) is 11.1 Å². The van der Waals surface area contributed by atoms with Crippen LogP contribution < -0.4 is 16.8 Å². The molecule has 0 aliphatic carbocycles. The molecule has 5 rings (SSSR count). The van der Waals surface area contributed by atoms with E-state index < -0.39 is 41.7 Å². The van der Waals surface area contributed by atoms with Crippen molar-refractivity contribution in [2.75, 3.05) is 12.4 Å². The third-order valence-electron chi connectivity index (χ3n) is 6.50. The highest BCUT2D eigenvalue weighted by molar-refractivity contribution is 8.00. The second kappa shape index (κ2) is 11.7. The first kappa shape index (κ1) is 27.0. The van der Waals surface area contributed by atoms with Gasteiger partial charge >= 0.3 is 18.2 Å². The molecule has 3 aromatic carbocycles. The van der Waals surface area contributed by atoms with E-state index in [1.54, 1.807) is 30.3 Å². The van der Waals surface area contributed by atoms with Gasteiger partial charge in [-0.15, -0.1) is 11.8 Å². The molecule has 1 unspecified atom stereocenters. The zero-order valence-corrected chi connectivity index (χ0v) is 22.0. The smallest absolute Gasteiger partial charge is 0.408 e. The van der Waals surface area contributed by atoms with E-state index in [2.05, 4.69) is 5.32 Å². The van der Waals surface area contributed by atoms with Crippen molar-refractivity contribution in [3.63, 3.8) is 0 Å². The Hall–Kier alpha value is -4.55. The molecule has 0 saturated carbocycles. The molecule has 2 heterocycles. The largest absolute Gasteiger partial charge is 0.445 e. The van der Waals surface area contributed by atoms with E-state index in [9.17, 15) is 19.2 Å². The van der Waals surface area contributed by atoms with Gasteiger partial charge < -0.3 is 25.3 Å². The van der Waals surface area contributed by atoms with Gasteiger partial charge in [-0.2, -0.15) is 0 Å². The van der Waals surface area contributed by atoms with Crippen LogP contribution in [0.4, 0.5) is 9.59 Å². The molecule has 1 saturated heterocycles. The summed E-state index contributed by atoms with van der Waals surface area (Å²) in [5.74, 6) is -1.19. The van der Waals surface area contributed by atoms with Gasteiger partial charge in [0.15, 0.2) is 6.23 Å². The molecule has 5 N–H and O–H groups in total. The summed E-state index contributed by atoms with van der Waals surface area (Å²) in [6.07, 6.45) is -2.90. The van der Waals surface area contributed by atoms with Gasteiger partial charge in [0.05, 0.1) is 0 Å². The normalized spacial score (nSPS) is 18.8. The number of β-lactam (4-membered cyclic amide) rings is 1. The minimum atomic E-state index is -1.10. The maximum atomic E-state index is 13.2. The van der Waals surface area contributed by atoms with Crippen LogP contribution in [0.25, 0.3) is 10.8 Å². The van der Waals surface area contributed by atoms with Gasteiger partial charge in [-0.25, -0.2) is 14.4 Å². The fourth-order valence-electron chi connectivity index (χ4n) is 4.55. The Morgan fingerprint density at radius 2 is 1.70 bits per heavy atom. The summed E-state index contributed by atoms with van der Waals surface area (Å²) >= 11 is 1.29. The van der Waals surface area contributed by atoms with Crippen molar-refractivity contribution in [2.45, 2.75) is 24.3 Å². The molecule has 1 fully saturated rings. The number of hydrogen-bond donors (Lipinski definition) is 3. The van der Waals surface area contributed by atoms with Crippen molar-refractivity contribution < 1.29 is 33.4 Å². The summed E-state index contributed by atoms with van der Waals surface area (Å²) in [6.45, 7) is -0.298. The summed E-state index contributed by atoms with van der Waals surface area (Å²) in [5.41, 5.74) is 12.8. The average molecular weight is 563 g/mol. The number of benzene rings is 3. The Kier molecular flexibility index (Phi) is 7.89. The number of hydrogen-bond acceptors (Lipinski definition) is 9. The van der Waals surface area contributed by atoms with E-state index >= 15 is 0 Å². The first-order valence-electron chi connectivity index (χ1n) is 12.3. The number of alkyl carbamates (subject to hydrolysis) is 1. The van der Waals surface area contributed by atoms with Crippen LogP contribution in [0.1, 0.15) is 17.4 Å². The molecule has 206 valence electrons. The van der Waals surface area contributed by atoms with Gasteiger partial charge in [0, 0.05) is 16.9 Å². The second-order valence-electron chi connectivity index (χ2n) is 9.04. The molecule has 3 amide bonds. The number of thioether (sulfide) groups is 1. The van der Waals surface area contributed by atoms with E-state index in [1.807, 2.05) is 42.5 Å². The second-order valence-corrected chi connectivity index (χ2v) is 10.1. The van der Waals surface area contributed by atoms with Crippen molar-refractivity contribution >= 4 is 46.6 Å². The van der Waals surface area contributed by atoms with Gasteiger partial charge in [0.2, 0.25) is 0 Å². The van der Waals surface area contributed by atoms with Crippen molar-refractivity contribution in [1.29, 1.82) is 0 Å². The molecule has 3 aromatic rings. The highest BCUT2D eigenvalue weighted by Crippen LogP contribution is 2.41. The predicted molar refractivity (Wildman–Crippen MR) is 146 cm³/mol. The van der Waals surface area contributed by atoms with E-state index in [4.69, 9.17) is 25.7 Å². The molecule has 0 aromatic heterocycles. The molecule has 2 aliphatic heterocycles. The number of carbonyl (C=O) groups is 4. The number of primary amides is 1. The van der Waals surface area contributed by atoms with Crippen LogP contribution in [0.3, 0.4) is 0 Å². The zero-order chi connectivity index (χ0) is 28.2. The van der Waals surface area contributed by atoms with E-state index in [0.717, 1.165) is 16.3 Å². The third-order valence-corrected chi connectivity index (χ3v) is 7.84. The molecule has 12 heteroatoms. The van der Waals surface area contributed by atoms with Crippen molar-refractivity contribution in [2.24, 2.45) is 11.5 Å². The summed E-state index contributed by atoms with van der Waals surface area (Å²) < 4.78 is 15.7. The number of nitrogens with one attached hydrogen (secondary N) is 1. The highest BCUT2D eigenvalue weighted by Gasteiger charge is 2.55. The predicted octanol–water partition coefficient (Wildman–Crippen LogP) is 2.90. The summed E-state index contributed by atoms with van der Waals surface area (Å²) in [6, 6.07) is 21.2. The number of nitrogens with zero attached hydrogens (tertiary/aromatic N) is 1. The molecule has 0 bridgehead atoms. The fraction of sp³-hybridized carbons (Fsp3) is 0.214. The maximum absolute atomic E-state index is 13.2. The van der Waals surface area contributed by atoms with Gasteiger partial charge in [-0.05, 0) is 16.3 Å². The maximum Gasteiger partial charge on any atom is 0.408 e. The highest BCUT2D eigenvalue weighted by atomic mass is 32.2. The molecular weight excluding hydrogens is 536 g/mol. The number of carbonyl (C=O) groups excluding carboxylic acids is 4. The van der Waals surface area contributed by atoms with Crippen LogP contribution in [0.2, 0.25) is 0 Å². The van der Waals surface area contributed by atoms with E-state index in [-0.39, 0.29) is 24.7 Å². The Morgan fingerprint density at radius 1 is 0.975 bits per heavy atom. The van der Waals surface area contributed by atoms with Gasteiger partial charge in [-0.3, -0.25) is 15.4 Å². The van der Waals surface area contributed by atoms with Crippen molar-refractivity contribution in [3.8, 4) is 0 Å². The van der Waals surface area contributed by atoms with Crippen LogP contribution >= 0.6 is 11.8 Å². The Morgan fingerprint density at radius 3 is 2.48 bits per heavy atom. The minimum absolute atomic E-state index is 0.0130. The lowest BCUT2D eigenvalue weighted by Crippen LogP contribution is -2.70. The molecule has 40 heavy (non-hydrogen) atoms. The first-order chi connectivity index (χ1) is 19.3. The fourth-order valence-corrected chi connectivity index (χ4v) is 5.88. The minimum Gasteiger partial charge on any atom is -0.445 e. The topological polar surface area (TPSA) is 163 Å². The zero-order valence-electron chi connectivity index (χ0n) is 21.1. The lowest BCUT2D eigenvalue weighted by atomic mass is 10.0. The van der Waals surface area contributed by atoms with Crippen LogP contribution in [0.15, 0.2) is 84.1 Å². The van der Waals surface area contributed by atoms with Crippen LogP contribution in [-0.2, 0) is 30.4 Å². The molecule has 11 nitrogen and oxygen atoms in total. The quantitative estimate of drug-likeness (QED) is 0.162. The monoisotopic (exact) mass is 562 g/mol.